The summed E-state index contributed by atoms with van der Waals surface area (Å²) in [7, 11) is 0. The number of hydrogen-bond donors (Lipinski definition) is 0. The van der Waals surface area contributed by atoms with Gasteiger partial charge in [0.2, 0.25) is 0 Å². The number of carbonyl (C=O) groups is 1. The fourth-order valence-corrected chi connectivity index (χ4v) is 2.37. The van der Waals surface area contributed by atoms with E-state index in [1.165, 1.54) is 11.5 Å². The zero-order valence-electron chi connectivity index (χ0n) is 8.37. The van der Waals surface area contributed by atoms with Gasteiger partial charge in [-0.1, -0.05) is 22.6 Å². The van der Waals surface area contributed by atoms with Crippen molar-refractivity contribution in [2.45, 2.75) is 10.8 Å². The Morgan fingerprint density at radius 3 is 2.79 bits per heavy atom. The molecule has 1 atom stereocenters. The minimum atomic E-state index is -0.100. The van der Waals surface area contributed by atoms with Gasteiger partial charge in [0.15, 0.2) is 0 Å². The number of ether oxygens (including phenoxy) is 1. The van der Waals surface area contributed by atoms with Crippen LogP contribution >= 0.6 is 34.4 Å². The van der Waals surface area contributed by atoms with Gasteiger partial charge in [0.25, 0.3) is 0 Å². The summed E-state index contributed by atoms with van der Waals surface area (Å²) in [6.45, 7) is 5.52. The van der Waals surface area contributed by atoms with E-state index in [1.807, 2.05) is 18.7 Å². The standard InChI is InChI=1S/C9H16INO2S/c1-8(10)9(12)13-5-2-11-3-6-14-7-4-11/h8H,2-7H2,1H3. The Hall–Kier alpha value is 0.510. The third-order valence-electron chi connectivity index (χ3n) is 2.08. The topological polar surface area (TPSA) is 29.5 Å². The molecule has 82 valence electrons. The first-order valence-electron chi connectivity index (χ1n) is 4.81. The van der Waals surface area contributed by atoms with E-state index in [2.05, 4.69) is 27.5 Å². The molecule has 14 heavy (non-hydrogen) atoms. The molecule has 0 saturated carbocycles. The molecule has 0 bridgehead atoms. The normalized spacial score (nSPS) is 20.4. The lowest BCUT2D eigenvalue weighted by Crippen LogP contribution is -2.35. The molecule has 0 aromatic carbocycles. The molecule has 1 unspecified atom stereocenters. The van der Waals surface area contributed by atoms with Gasteiger partial charge in [-0.25, -0.2) is 0 Å². The molecule has 1 aliphatic rings. The Bertz CT molecular complexity index is 184. The third kappa shape index (κ3) is 4.84. The molecule has 0 N–H and O–H groups in total. The lowest BCUT2D eigenvalue weighted by Gasteiger charge is -2.25. The van der Waals surface area contributed by atoms with Gasteiger partial charge in [-0.15, -0.1) is 0 Å². The molecule has 3 nitrogen and oxygen atoms in total. The van der Waals surface area contributed by atoms with Crippen LogP contribution in [0.3, 0.4) is 0 Å². The van der Waals surface area contributed by atoms with E-state index in [9.17, 15) is 4.79 Å². The van der Waals surface area contributed by atoms with Crippen molar-refractivity contribution in [2.75, 3.05) is 37.7 Å². The van der Waals surface area contributed by atoms with E-state index in [-0.39, 0.29) is 9.89 Å². The van der Waals surface area contributed by atoms with Gasteiger partial charge in [-0.3, -0.25) is 9.69 Å². The van der Waals surface area contributed by atoms with Crippen LogP contribution in [0.1, 0.15) is 6.92 Å². The monoisotopic (exact) mass is 329 g/mol. The third-order valence-corrected chi connectivity index (χ3v) is 3.53. The van der Waals surface area contributed by atoms with Gasteiger partial charge in [0.1, 0.15) is 10.5 Å². The first-order chi connectivity index (χ1) is 6.70. The second-order valence-electron chi connectivity index (χ2n) is 3.24. The second kappa shape index (κ2) is 6.90. The number of thioether (sulfide) groups is 1. The first-order valence-corrected chi connectivity index (χ1v) is 7.21. The molecule has 1 heterocycles. The Morgan fingerprint density at radius 1 is 1.57 bits per heavy atom. The van der Waals surface area contributed by atoms with Crippen molar-refractivity contribution in [1.29, 1.82) is 0 Å². The summed E-state index contributed by atoms with van der Waals surface area (Å²) in [5.41, 5.74) is 0. The number of carbonyl (C=O) groups excluding carboxylic acids is 1. The summed E-state index contributed by atoms with van der Waals surface area (Å²) >= 11 is 4.06. The van der Waals surface area contributed by atoms with Gasteiger partial charge in [0, 0.05) is 31.1 Å². The molecule has 1 saturated heterocycles. The van der Waals surface area contributed by atoms with Gasteiger partial charge in [-0.2, -0.15) is 11.8 Å². The van der Waals surface area contributed by atoms with E-state index >= 15 is 0 Å². The second-order valence-corrected chi connectivity index (χ2v) is 6.33. The van der Waals surface area contributed by atoms with Crippen LogP contribution in [-0.2, 0) is 9.53 Å². The molecule has 0 amide bonds. The molecule has 0 aliphatic carbocycles. The number of rotatable bonds is 4. The van der Waals surface area contributed by atoms with Crippen molar-refractivity contribution in [2.24, 2.45) is 0 Å². The lowest BCUT2D eigenvalue weighted by atomic mass is 10.4. The highest BCUT2D eigenvalue weighted by Crippen LogP contribution is 2.08. The fraction of sp³-hybridized carbons (Fsp3) is 0.889. The molecule has 0 spiro atoms. The highest BCUT2D eigenvalue weighted by Gasteiger charge is 2.12. The summed E-state index contributed by atoms with van der Waals surface area (Å²) in [4.78, 5) is 13.5. The Kier molecular flexibility index (Phi) is 6.20. The average Bonchev–Trinajstić information content (AvgIpc) is 2.19. The quantitative estimate of drug-likeness (QED) is 0.443. The van der Waals surface area contributed by atoms with E-state index < -0.39 is 0 Å². The predicted molar refractivity (Wildman–Crippen MR) is 68.2 cm³/mol. The van der Waals surface area contributed by atoms with Crippen molar-refractivity contribution < 1.29 is 9.53 Å². The summed E-state index contributed by atoms with van der Waals surface area (Å²) in [5.74, 6) is 2.31. The van der Waals surface area contributed by atoms with E-state index in [0.29, 0.717) is 6.61 Å². The van der Waals surface area contributed by atoms with Crippen LogP contribution < -0.4 is 0 Å². The minimum absolute atomic E-state index is 0.0375. The average molecular weight is 329 g/mol. The van der Waals surface area contributed by atoms with Crippen LogP contribution in [0, 0.1) is 0 Å². The van der Waals surface area contributed by atoms with E-state index in [0.717, 1.165) is 19.6 Å². The zero-order valence-corrected chi connectivity index (χ0v) is 11.3. The summed E-state index contributed by atoms with van der Waals surface area (Å²) < 4.78 is 5.07. The van der Waals surface area contributed by atoms with E-state index in [4.69, 9.17) is 4.74 Å². The van der Waals surface area contributed by atoms with Crippen molar-refractivity contribution in [3.05, 3.63) is 0 Å². The first kappa shape index (κ1) is 12.6. The minimum Gasteiger partial charge on any atom is -0.464 e. The smallest absolute Gasteiger partial charge is 0.318 e. The zero-order chi connectivity index (χ0) is 10.4. The maximum absolute atomic E-state index is 11.1. The Balaban J connectivity index is 2.05. The SMILES string of the molecule is CC(I)C(=O)OCCN1CCSCC1. The molecule has 1 rings (SSSR count). The van der Waals surface area contributed by atoms with Gasteiger partial charge >= 0.3 is 5.97 Å². The molecule has 1 aliphatic heterocycles. The summed E-state index contributed by atoms with van der Waals surface area (Å²) in [6, 6.07) is 0. The highest BCUT2D eigenvalue weighted by molar-refractivity contribution is 14.1. The van der Waals surface area contributed by atoms with Crippen LogP contribution in [0.15, 0.2) is 0 Å². The molecular formula is C9H16INO2S. The fourth-order valence-electron chi connectivity index (χ4n) is 1.21. The number of halogens is 1. The highest BCUT2D eigenvalue weighted by atomic mass is 127. The molecular weight excluding hydrogens is 313 g/mol. The molecule has 5 heteroatoms. The molecule has 0 radical (unpaired) electrons. The number of alkyl halides is 1. The Labute approximate surface area is 103 Å². The van der Waals surface area contributed by atoms with Gasteiger partial charge in [0.05, 0.1) is 0 Å². The van der Waals surface area contributed by atoms with Crippen LogP contribution in [-0.4, -0.2) is 52.5 Å². The van der Waals surface area contributed by atoms with Crippen molar-refractivity contribution >= 4 is 40.3 Å². The summed E-state index contributed by atoms with van der Waals surface area (Å²) in [5, 5.41) is 0. The number of hydrogen-bond acceptors (Lipinski definition) is 4. The lowest BCUT2D eigenvalue weighted by molar-refractivity contribution is -0.142. The van der Waals surface area contributed by atoms with Crippen LogP contribution in [0.5, 0.6) is 0 Å². The maximum Gasteiger partial charge on any atom is 0.318 e. The van der Waals surface area contributed by atoms with Crippen molar-refractivity contribution in [1.82, 2.24) is 4.90 Å². The molecule has 0 aromatic rings. The van der Waals surface area contributed by atoms with Crippen molar-refractivity contribution in [3.63, 3.8) is 0 Å². The maximum atomic E-state index is 11.1. The van der Waals surface area contributed by atoms with Crippen LogP contribution in [0.25, 0.3) is 0 Å². The molecule has 0 aromatic heterocycles. The van der Waals surface area contributed by atoms with E-state index in [1.54, 1.807) is 0 Å². The van der Waals surface area contributed by atoms with Crippen LogP contribution in [0.4, 0.5) is 0 Å². The number of nitrogens with zero attached hydrogens (tertiary/aromatic N) is 1. The van der Waals surface area contributed by atoms with Crippen molar-refractivity contribution in [3.8, 4) is 0 Å². The van der Waals surface area contributed by atoms with Crippen LogP contribution in [0.2, 0.25) is 0 Å². The predicted octanol–water partition coefficient (Wildman–Crippen LogP) is 1.40. The molecule has 1 fully saturated rings. The van der Waals surface area contributed by atoms with Gasteiger partial charge in [-0.05, 0) is 6.92 Å². The summed E-state index contributed by atoms with van der Waals surface area (Å²) in [6.07, 6.45) is 0. The number of esters is 1. The van der Waals surface area contributed by atoms with Gasteiger partial charge < -0.3 is 4.74 Å². The largest absolute Gasteiger partial charge is 0.464 e. The Morgan fingerprint density at radius 2 is 2.21 bits per heavy atom.